The predicted octanol–water partition coefficient (Wildman–Crippen LogP) is 0.639. The van der Waals surface area contributed by atoms with Crippen molar-refractivity contribution in [3.63, 3.8) is 0 Å². The SMILES string of the molecule is CC(=O)SC1CC(=O)N(CCCCO)C1. The zero-order valence-electron chi connectivity index (χ0n) is 8.94. The molecular weight excluding hydrogens is 214 g/mol. The van der Waals surface area contributed by atoms with Crippen LogP contribution in [0.15, 0.2) is 0 Å². The molecule has 0 bridgehead atoms. The van der Waals surface area contributed by atoms with Crippen LogP contribution in [-0.2, 0) is 9.59 Å². The smallest absolute Gasteiger partial charge is 0.223 e. The van der Waals surface area contributed by atoms with Gasteiger partial charge >= 0.3 is 0 Å². The van der Waals surface area contributed by atoms with Crippen LogP contribution in [0.4, 0.5) is 0 Å². The zero-order chi connectivity index (χ0) is 11.3. The maximum atomic E-state index is 11.5. The Morgan fingerprint density at radius 2 is 2.33 bits per heavy atom. The van der Waals surface area contributed by atoms with E-state index in [-0.39, 0.29) is 22.9 Å². The van der Waals surface area contributed by atoms with E-state index >= 15 is 0 Å². The minimum Gasteiger partial charge on any atom is -0.396 e. The van der Waals surface area contributed by atoms with Crippen LogP contribution in [0.25, 0.3) is 0 Å². The predicted molar refractivity (Wildman–Crippen MR) is 59.6 cm³/mol. The van der Waals surface area contributed by atoms with E-state index in [0.29, 0.717) is 19.5 Å². The summed E-state index contributed by atoms with van der Waals surface area (Å²) in [6, 6.07) is 0. The van der Waals surface area contributed by atoms with Crippen molar-refractivity contribution in [2.75, 3.05) is 19.7 Å². The highest BCUT2D eigenvalue weighted by Gasteiger charge is 2.30. The highest BCUT2D eigenvalue weighted by Crippen LogP contribution is 2.24. The van der Waals surface area contributed by atoms with Crippen molar-refractivity contribution >= 4 is 22.8 Å². The molecule has 1 atom stereocenters. The number of rotatable bonds is 5. The van der Waals surface area contributed by atoms with Crippen molar-refractivity contribution in [2.45, 2.75) is 31.4 Å². The molecule has 1 rings (SSSR count). The lowest BCUT2D eigenvalue weighted by Crippen LogP contribution is -2.26. The van der Waals surface area contributed by atoms with Crippen molar-refractivity contribution < 1.29 is 14.7 Å². The number of hydrogen-bond acceptors (Lipinski definition) is 4. The molecule has 1 saturated heterocycles. The molecule has 0 radical (unpaired) electrons. The van der Waals surface area contributed by atoms with E-state index in [0.717, 1.165) is 12.8 Å². The minimum absolute atomic E-state index is 0.0741. The molecule has 15 heavy (non-hydrogen) atoms. The van der Waals surface area contributed by atoms with E-state index in [2.05, 4.69) is 0 Å². The number of aliphatic hydroxyl groups is 1. The Kier molecular flexibility index (Phi) is 5.11. The molecule has 4 nitrogen and oxygen atoms in total. The molecule has 0 aromatic heterocycles. The normalized spacial score (nSPS) is 21.1. The van der Waals surface area contributed by atoms with Crippen LogP contribution in [0.3, 0.4) is 0 Å². The maximum Gasteiger partial charge on any atom is 0.223 e. The highest BCUT2D eigenvalue weighted by molar-refractivity contribution is 8.14. The number of hydrogen-bond donors (Lipinski definition) is 1. The zero-order valence-corrected chi connectivity index (χ0v) is 9.76. The lowest BCUT2D eigenvalue weighted by atomic mass is 10.3. The summed E-state index contributed by atoms with van der Waals surface area (Å²) in [5.41, 5.74) is 0. The Bertz CT molecular complexity index is 245. The van der Waals surface area contributed by atoms with Crippen molar-refractivity contribution in [3.05, 3.63) is 0 Å². The standard InChI is InChI=1S/C10H17NO3S/c1-8(13)15-9-6-10(14)11(7-9)4-2-3-5-12/h9,12H,2-7H2,1H3. The van der Waals surface area contributed by atoms with Gasteiger partial charge < -0.3 is 10.0 Å². The number of carbonyl (C=O) groups is 2. The summed E-state index contributed by atoms with van der Waals surface area (Å²) in [7, 11) is 0. The van der Waals surface area contributed by atoms with Crippen LogP contribution in [0.5, 0.6) is 0 Å². The molecule has 1 amide bonds. The van der Waals surface area contributed by atoms with E-state index in [1.54, 1.807) is 4.90 Å². The van der Waals surface area contributed by atoms with Crippen molar-refractivity contribution in [1.29, 1.82) is 0 Å². The molecule has 1 N–H and O–H groups in total. The quantitative estimate of drug-likeness (QED) is 0.705. The molecule has 0 aromatic rings. The average molecular weight is 231 g/mol. The van der Waals surface area contributed by atoms with E-state index in [1.165, 1.54) is 18.7 Å². The van der Waals surface area contributed by atoms with Crippen molar-refractivity contribution in [1.82, 2.24) is 4.90 Å². The van der Waals surface area contributed by atoms with Crippen LogP contribution in [0, 0.1) is 0 Å². The van der Waals surface area contributed by atoms with E-state index in [9.17, 15) is 9.59 Å². The van der Waals surface area contributed by atoms with Crippen molar-refractivity contribution in [2.24, 2.45) is 0 Å². The monoisotopic (exact) mass is 231 g/mol. The third-order valence-corrected chi connectivity index (χ3v) is 3.33. The van der Waals surface area contributed by atoms with Gasteiger partial charge in [-0.1, -0.05) is 11.8 Å². The first-order valence-electron chi connectivity index (χ1n) is 5.19. The van der Waals surface area contributed by atoms with Gasteiger partial charge in [-0.2, -0.15) is 0 Å². The largest absolute Gasteiger partial charge is 0.396 e. The van der Waals surface area contributed by atoms with Crippen molar-refractivity contribution in [3.8, 4) is 0 Å². The molecule has 1 heterocycles. The molecule has 0 aromatic carbocycles. The topological polar surface area (TPSA) is 57.6 Å². The van der Waals surface area contributed by atoms with Crippen LogP contribution in [-0.4, -0.2) is 46.0 Å². The Labute approximate surface area is 94.0 Å². The summed E-state index contributed by atoms with van der Waals surface area (Å²) >= 11 is 1.26. The second-order valence-electron chi connectivity index (χ2n) is 3.71. The fourth-order valence-electron chi connectivity index (χ4n) is 1.68. The van der Waals surface area contributed by atoms with Gasteiger partial charge in [0.25, 0.3) is 0 Å². The molecule has 0 spiro atoms. The number of carbonyl (C=O) groups excluding carboxylic acids is 2. The first kappa shape index (κ1) is 12.5. The summed E-state index contributed by atoms with van der Waals surface area (Å²) in [6.45, 7) is 3.08. The Morgan fingerprint density at radius 3 is 2.93 bits per heavy atom. The van der Waals surface area contributed by atoms with Gasteiger partial charge in [-0.3, -0.25) is 9.59 Å². The highest BCUT2D eigenvalue weighted by atomic mass is 32.2. The molecule has 1 aliphatic rings. The van der Waals surface area contributed by atoms with Gasteiger partial charge in [0.1, 0.15) is 0 Å². The van der Waals surface area contributed by atoms with E-state index in [4.69, 9.17) is 5.11 Å². The molecule has 5 heteroatoms. The van der Waals surface area contributed by atoms with Crippen LogP contribution in [0.1, 0.15) is 26.2 Å². The number of unbranched alkanes of at least 4 members (excludes halogenated alkanes) is 1. The maximum absolute atomic E-state index is 11.5. The Morgan fingerprint density at radius 1 is 1.60 bits per heavy atom. The van der Waals surface area contributed by atoms with Gasteiger partial charge in [0.15, 0.2) is 5.12 Å². The summed E-state index contributed by atoms with van der Waals surface area (Å²) in [5, 5.41) is 8.83. The fraction of sp³-hybridized carbons (Fsp3) is 0.800. The van der Waals surface area contributed by atoms with E-state index in [1.807, 2.05) is 0 Å². The van der Waals surface area contributed by atoms with Gasteiger partial charge in [-0.25, -0.2) is 0 Å². The third kappa shape index (κ3) is 4.22. The van der Waals surface area contributed by atoms with Gasteiger partial charge in [-0.05, 0) is 12.8 Å². The summed E-state index contributed by atoms with van der Waals surface area (Å²) in [6.07, 6.45) is 2.04. The number of aliphatic hydroxyl groups excluding tert-OH is 1. The molecule has 86 valence electrons. The van der Waals surface area contributed by atoms with Gasteiger partial charge in [0.05, 0.1) is 0 Å². The first-order chi connectivity index (χ1) is 7.13. The summed E-state index contributed by atoms with van der Waals surface area (Å²) < 4.78 is 0. The minimum atomic E-state index is 0.0741. The van der Waals surface area contributed by atoms with Gasteiger partial charge in [0.2, 0.25) is 5.91 Å². The van der Waals surface area contributed by atoms with E-state index < -0.39 is 0 Å². The lowest BCUT2D eigenvalue weighted by Gasteiger charge is -2.15. The summed E-state index contributed by atoms with van der Waals surface area (Å²) in [5.74, 6) is 0.131. The molecular formula is C10H17NO3S. The summed E-state index contributed by atoms with van der Waals surface area (Å²) in [4.78, 5) is 24.2. The third-order valence-electron chi connectivity index (χ3n) is 2.35. The first-order valence-corrected chi connectivity index (χ1v) is 6.07. The average Bonchev–Trinajstić information content (AvgIpc) is 2.46. The number of nitrogens with zero attached hydrogens (tertiary/aromatic N) is 1. The second kappa shape index (κ2) is 6.12. The molecule has 1 fully saturated rings. The number of thioether (sulfide) groups is 1. The van der Waals surface area contributed by atoms with Gasteiger partial charge in [0, 0.05) is 38.3 Å². The van der Waals surface area contributed by atoms with Gasteiger partial charge in [-0.15, -0.1) is 0 Å². The second-order valence-corrected chi connectivity index (χ2v) is 5.18. The Balaban J connectivity index is 2.29. The number of amides is 1. The molecule has 1 unspecified atom stereocenters. The van der Waals surface area contributed by atoms with Crippen LogP contribution in [0.2, 0.25) is 0 Å². The Hall–Kier alpha value is -0.550. The fourth-order valence-corrected chi connectivity index (χ4v) is 2.63. The lowest BCUT2D eigenvalue weighted by molar-refractivity contribution is -0.127. The molecule has 0 saturated carbocycles. The van der Waals surface area contributed by atoms with Crippen LogP contribution >= 0.6 is 11.8 Å². The molecule has 1 aliphatic heterocycles. The molecule has 0 aliphatic carbocycles. The number of likely N-dealkylation sites (tertiary alicyclic amines) is 1. The van der Waals surface area contributed by atoms with Crippen LogP contribution < -0.4 is 0 Å².